The smallest absolute Gasteiger partial charge is 0.307 e. The first-order valence-electron chi connectivity index (χ1n) is 5.57. The second kappa shape index (κ2) is 5.42. The molecule has 0 aromatic carbocycles. The summed E-state index contributed by atoms with van der Waals surface area (Å²) in [6, 6.07) is 0. The fraction of sp³-hybridized carbons (Fsp3) is 0.545. The summed E-state index contributed by atoms with van der Waals surface area (Å²) in [6.07, 6.45) is 4.79. The van der Waals surface area contributed by atoms with Crippen molar-refractivity contribution in [2.24, 2.45) is 5.92 Å². The van der Waals surface area contributed by atoms with E-state index in [4.69, 9.17) is 16.7 Å². The molecular weight excluding hydrogens is 242 g/mol. The minimum Gasteiger partial charge on any atom is -0.481 e. The third-order valence-electron chi connectivity index (χ3n) is 2.95. The summed E-state index contributed by atoms with van der Waals surface area (Å²) in [5.74, 6) is -1.00. The predicted molar refractivity (Wildman–Crippen MR) is 62.7 cm³/mol. The molecule has 2 rings (SSSR count). The molecule has 1 aliphatic heterocycles. The fourth-order valence-electron chi connectivity index (χ4n) is 2.07. The first kappa shape index (κ1) is 12.3. The third kappa shape index (κ3) is 3.14. The van der Waals surface area contributed by atoms with Crippen molar-refractivity contribution in [1.29, 1.82) is 0 Å². The number of likely N-dealkylation sites (tertiary alicyclic amines) is 1. The van der Waals surface area contributed by atoms with Gasteiger partial charge in [0.05, 0.1) is 11.6 Å². The number of rotatable bonds is 3. The zero-order valence-corrected chi connectivity index (χ0v) is 10.1. The van der Waals surface area contributed by atoms with Crippen LogP contribution >= 0.6 is 11.6 Å². The number of carboxylic acids is 1. The van der Waals surface area contributed by atoms with E-state index >= 15 is 0 Å². The number of carbonyl (C=O) groups is 1. The van der Waals surface area contributed by atoms with Crippen molar-refractivity contribution >= 4 is 17.6 Å². The van der Waals surface area contributed by atoms with Crippen LogP contribution in [0.5, 0.6) is 0 Å². The molecule has 1 aromatic rings. The van der Waals surface area contributed by atoms with E-state index in [0.717, 1.165) is 19.4 Å². The highest BCUT2D eigenvalue weighted by Gasteiger charge is 2.25. The van der Waals surface area contributed by atoms with E-state index < -0.39 is 5.97 Å². The second-order valence-corrected chi connectivity index (χ2v) is 4.56. The quantitative estimate of drug-likeness (QED) is 0.885. The molecule has 1 aromatic heterocycles. The van der Waals surface area contributed by atoms with Gasteiger partial charge >= 0.3 is 5.97 Å². The van der Waals surface area contributed by atoms with Crippen molar-refractivity contribution < 1.29 is 9.90 Å². The SMILES string of the molecule is O=C(O)[C@@H]1CCCN(Cc2nccnc2Cl)C1. The monoisotopic (exact) mass is 255 g/mol. The maximum absolute atomic E-state index is 10.9. The summed E-state index contributed by atoms with van der Waals surface area (Å²) < 4.78 is 0. The highest BCUT2D eigenvalue weighted by atomic mass is 35.5. The fourth-order valence-corrected chi connectivity index (χ4v) is 2.23. The van der Waals surface area contributed by atoms with Crippen LogP contribution in [0, 0.1) is 5.92 Å². The first-order valence-corrected chi connectivity index (χ1v) is 5.95. The number of halogens is 1. The van der Waals surface area contributed by atoms with Crippen LogP contribution in [-0.2, 0) is 11.3 Å². The number of nitrogens with zero attached hydrogens (tertiary/aromatic N) is 3. The van der Waals surface area contributed by atoms with Gasteiger partial charge in [-0.1, -0.05) is 11.6 Å². The summed E-state index contributed by atoms with van der Waals surface area (Å²) in [5.41, 5.74) is 0.709. The number of piperidine rings is 1. The molecule has 0 unspecified atom stereocenters. The molecule has 5 nitrogen and oxygen atoms in total. The lowest BCUT2D eigenvalue weighted by atomic mass is 9.98. The number of carboxylic acid groups (broad SMARTS) is 1. The van der Waals surface area contributed by atoms with E-state index in [0.29, 0.717) is 23.9 Å². The minimum atomic E-state index is -0.722. The zero-order chi connectivity index (χ0) is 12.3. The average molecular weight is 256 g/mol. The molecule has 0 bridgehead atoms. The molecule has 1 aliphatic rings. The predicted octanol–water partition coefficient (Wildman–Crippen LogP) is 1.43. The molecule has 1 N–H and O–H groups in total. The summed E-state index contributed by atoms with van der Waals surface area (Å²) >= 11 is 5.93. The Balaban J connectivity index is 1.99. The second-order valence-electron chi connectivity index (χ2n) is 4.21. The Bertz CT molecular complexity index is 413. The maximum atomic E-state index is 10.9. The molecule has 0 saturated carbocycles. The summed E-state index contributed by atoms with van der Waals surface area (Å²) in [6.45, 7) is 2.01. The number of hydrogen-bond acceptors (Lipinski definition) is 4. The Morgan fingerprint density at radius 2 is 2.29 bits per heavy atom. The molecule has 17 heavy (non-hydrogen) atoms. The topological polar surface area (TPSA) is 66.3 Å². The molecule has 1 fully saturated rings. The van der Waals surface area contributed by atoms with Gasteiger partial charge in [0.15, 0.2) is 5.15 Å². The average Bonchev–Trinajstić information content (AvgIpc) is 2.32. The van der Waals surface area contributed by atoms with Crippen molar-refractivity contribution in [3.8, 4) is 0 Å². The lowest BCUT2D eigenvalue weighted by Gasteiger charge is -2.30. The van der Waals surface area contributed by atoms with Crippen LogP contribution < -0.4 is 0 Å². The first-order chi connectivity index (χ1) is 8.16. The van der Waals surface area contributed by atoms with E-state index in [2.05, 4.69) is 14.9 Å². The molecule has 0 radical (unpaired) electrons. The van der Waals surface area contributed by atoms with Gasteiger partial charge < -0.3 is 5.11 Å². The minimum absolute atomic E-state index is 0.279. The standard InChI is InChI=1S/C11H14ClN3O2/c12-10-9(13-3-4-14-10)7-15-5-1-2-8(6-15)11(16)17/h3-4,8H,1-2,5-7H2,(H,16,17)/t8-/m1/s1. The number of aromatic nitrogens is 2. The number of aliphatic carboxylic acids is 1. The molecule has 6 heteroatoms. The summed E-state index contributed by atoms with van der Waals surface area (Å²) in [4.78, 5) is 21.1. The molecule has 0 amide bonds. The number of hydrogen-bond donors (Lipinski definition) is 1. The van der Waals surface area contributed by atoms with E-state index in [1.165, 1.54) is 0 Å². The Labute approximate surface area is 104 Å². The lowest BCUT2D eigenvalue weighted by molar-refractivity contribution is -0.143. The third-order valence-corrected chi connectivity index (χ3v) is 3.27. The van der Waals surface area contributed by atoms with E-state index in [1.807, 2.05) is 0 Å². The summed E-state index contributed by atoms with van der Waals surface area (Å²) in [7, 11) is 0. The van der Waals surface area contributed by atoms with Crippen LogP contribution in [0.1, 0.15) is 18.5 Å². The van der Waals surface area contributed by atoms with E-state index in [1.54, 1.807) is 12.4 Å². The van der Waals surface area contributed by atoms with E-state index in [-0.39, 0.29) is 5.92 Å². The van der Waals surface area contributed by atoms with Crippen LogP contribution in [0.4, 0.5) is 0 Å². The van der Waals surface area contributed by atoms with Crippen molar-refractivity contribution in [3.05, 3.63) is 23.2 Å². The molecular formula is C11H14ClN3O2. The molecule has 2 heterocycles. The normalized spacial score (nSPS) is 21.4. The van der Waals surface area contributed by atoms with Crippen LogP contribution in [0.3, 0.4) is 0 Å². The molecule has 0 aliphatic carbocycles. The van der Waals surface area contributed by atoms with Gasteiger partial charge in [-0.2, -0.15) is 0 Å². The van der Waals surface area contributed by atoms with Gasteiger partial charge in [0.2, 0.25) is 0 Å². The van der Waals surface area contributed by atoms with Gasteiger partial charge in [0, 0.05) is 25.5 Å². The molecule has 92 valence electrons. The molecule has 0 spiro atoms. The van der Waals surface area contributed by atoms with Gasteiger partial charge in [0.25, 0.3) is 0 Å². The van der Waals surface area contributed by atoms with Crippen molar-refractivity contribution in [2.75, 3.05) is 13.1 Å². The highest BCUT2D eigenvalue weighted by Crippen LogP contribution is 2.19. The van der Waals surface area contributed by atoms with E-state index in [9.17, 15) is 4.79 Å². The maximum Gasteiger partial charge on any atom is 0.307 e. The van der Waals surface area contributed by atoms with Gasteiger partial charge in [-0.3, -0.25) is 14.7 Å². The highest BCUT2D eigenvalue weighted by molar-refractivity contribution is 6.29. The van der Waals surface area contributed by atoms with Gasteiger partial charge in [-0.05, 0) is 19.4 Å². The van der Waals surface area contributed by atoms with Crippen molar-refractivity contribution in [1.82, 2.24) is 14.9 Å². The van der Waals surface area contributed by atoms with Crippen LogP contribution in [0.2, 0.25) is 5.15 Å². The largest absolute Gasteiger partial charge is 0.481 e. The van der Waals surface area contributed by atoms with Gasteiger partial charge in [-0.15, -0.1) is 0 Å². The van der Waals surface area contributed by atoms with Crippen LogP contribution in [-0.4, -0.2) is 39.0 Å². The van der Waals surface area contributed by atoms with Crippen molar-refractivity contribution in [2.45, 2.75) is 19.4 Å². The molecule has 1 atom stereocenters. The Morgan fingerprint density at radius 3 is 3.00 bits per heavy atom. The van der Waals surface area contributed by atoms with Crippen LogP contribution in [0.25, 0.3) is 0 Å². The Hall–Kier alpha value is -1.20. The van der Waals surface area contributed by atoms with Crippen molar-refractivity contribution in [3.63, 3.8) is 0 Å². The van der Waals surface area contributed by atoms with Gasteiger partial charge in [-0.25, -0.2) is 4.98 Å². The summed E-state index contributed by atoms with van der Waals surface area (Å²) in [5, 5.41) is 9.39. The zero-order valence-electron chi connectivity index (χ0n) is 9.34. The molecule has 1 saturated heterocycles. The Kier molecular flexibility index (Phi) is 3.91. The van der Waals surface area contributed by atoms with Gasteiger partial charge in [0.1, 0.15) is 0 Å². The lowest BCUT2D eigenvalue weighted by Crippen LogP contribution is -2.38. The van der Waals surface area contributed by atoms with Crippen LogP contribution in [0.15, 0.2) is 12.4 Å². The Morgan fingerprint density at radius 1 is 1.53 bits per heavy atom.